The zero-order valence-corrected chi connectivity index (χ0v) is 14.5. The second-order valence-electron chi connectivity index (χ2n) is 6.70. The van der Waals surface area contributed by atoms with Crippen molar-refractivity contribution < 1.29 is 9.18 Å². The van der Waals surface area contributed by atoms with Gasteiger partial charge in [-0.05, 0) is 55.6 Å². The van der Waals surface area contributed by atoms with E-state index in [9.17, 15) is 9.18 Å². The van der Waals surface area contributed by atoms with Gasteiger partial charge in [0.25, 0.3) is 0 Å². The number of piperidine rings is 1. The van der Waals surface area contributed by atoms with Crippen molar-refractivity contribution in [3.63, 3.8) is 0 Å². The SMILES string of the molecule is O=C(NCc1ccccc1)C1CCN(CCc2ccc(F)cc2)CC1. The summed E-state index contributed by atoms with van der Waals surface area (Å²) in [5.41, 5.74) is 2.29. The van der Waals surface area contributed by atoms with Crippen molar-refractivity contribution in [2.75, 3.05) is 19.6 Å². The number of halogens is 1. The molecule has 1 amide bonds. The van der Waals surface area contributed by atoms with Gasteiger partial charge in [-0.2, -0.15) is 0 Å². The largest absolute Gasteiger partial charge is 0.352 e. The van der Waals surface area contributed by atoms with Crippen LogP contribution in [-0.4, -0.2) is 30.4 Å². The topological polar surface area (TPSA) is 32.3 Å². The first kappa shape index (κ1) is 17.6. The Kier molecular flexibility index (Phi) is 6.18. The molecule has 132 valence electrons. The normalized spacial score (nSPS) is 15.9. The molecule has 3 nitrogen and oxygen atoms in total. The van der Waals surface area contributed by atoms with Crippen LogP contribution in [0.3, 0.4) is 0 Å². The van der Waals surface area contributed by atoms with Gasteiger partial charge in [-0.3, -0.25) is 4.79 Å². The summed E-state index contributed by atoms with van der Waals surface area (Å²) >= 11 is 0. The first-order valence-electron chi connectivity index (χ1n) is 8.99. The van der Waals surface area contributed by atoms with Crippen LogP contribution in [0.2, 0.25) is 0 Å². The Balaban J connectivity index is 1.37. The molecule has 2 aromatic carbocycles. The zero-order valence-electron chi connectivity index (χ0n) is 14.5. The van der Waals surface area contributed by atoms with Gasteiger partial charge in [-0.25, -0.2) is 4.39 Å². The summed E-state index contributed by atoms with van der Waals surface area (Å²) in [7, 11) is 0. The maximum absolute atomic E-state index is 12.9. The van der Waals surface area contributed by atoms with Crippen LogP contribution in [0.15, 0.2) is 54.6 Å². The molecule has 1 aliphatic heterocycles. The maximum atomic E-state index is 12.9. The third-order valence-corrected chi connectivity index (χ3v) is 4.90. The van der Waals surface area contributed by atoms with Gasteiger partial charge >= 0.3 is 0 Å². The van der Waals surface area contributed by atoms with Gasteiger partial charge in [-0.1, -0.05) is 42.5 Å². The minimum Gasteiger partial charge on any atom is -0.352 e. The molecule has 1 heterocycles. The van der Waals surface area contributed by atoms with Gasteiger partial charge in [0.15, 0.2) is 0 Å². The number of likely N-dealkylation sites (tertiary alicyclic amines) is 1. The number of hydrogen-bond acceptors (Lipinski definition) is 2. The van der Waals surface area contributed by atoms with Crippen molar-refractivity contribution in [1.29, 1.82) is 0 Å². The van der Waals surface area contributed by atoms with E-state index < -0.39 is 0 Å². The Morgan fingerprint density at radius 2 is 1.68 bits per heavy atom. The first-order valence-corrected chi connectivity index (χ1v) is 8.99. The van der Waals surface area contributed by atoms with Crippen LogP contribution in [0.5, 0.6) is 0 Å². The van der Waals surface area contributed by atoms with Crippen LogP contribution < -0.4 is 5.32 Å². The number of carbonyl (C=O) groups is 1. The number of nitrogens with zero attached hydrogens (tertiary/aromatic N) is 1. The molecule has 0 radical (unpaired) electrons. The smallest absolute Gasteiger partial charge is 0.223 e. The molecule has 25 heavy (non-hydrogen) atoms. The average Bonchev–Trinajstić information content (AvgIpc) is 2.67. The highest BCUT2D eigenvalue weighted by atomic mass is 19.1. The molecule has 4 heteroatoms. The summed E-state index contributed by atoms with van der Waals surface area (Å²) in [6.45, 7) is 3.46. The van der Waals surface area contributed by atoms with E-state index in [1.807, 2.05) is 42.5 Å². The lowest BCUT2D eigenvalue weighted by Crippen LogP contribution is -2.41. The van der Waals surface area contributed by atoms with Crippen molar-refractivity contribution in [2.24, 2.45) is 5.92 Å². The highest BCUT2D eigenvalue weighted by Gasteiger charge is 2.24. The average molecular weight is 340 g/mol. The molecule has 0 aliphatic carbocycles. The van der Waals surface area contributed by atoms with Crippen LogP contribution in [0.4, 0.5) is 4.39 Å². The molecule has 1 saturated heterocycles. The monoisotopic (exact) mass is 340 g/mol. The molecule has 0 spiro atoms. The molecule has 2 aromatic rings. The van der Waals surface area contributed by atoms with Crippen molar-refractivity contribution in [3.8, 4) is 0 Å². The molecule has 0 bridgehead atoms. The van der Waals surface area contributed by atoms with Crippen molar-refractivity contribution >= 4 is 5.91 Å². The van der Waals surface area contributed by atoms with Crippen LogP contribution in [0, 0.1) is 11.7 Å². The summed E-state index contributed by atoms with van der Waals surface area (Å²) in [6, 6.07) is 16.7. The molecule has 0 aromatic heterocycles. The molecule has 1 fully saturated rings. The summed E-state index contributed by atoms with van der Waals surface area (Å²) in [4.78, 5) is 14.7. The molecule has 1 N–H and O–H groups in total. The summed E-state index contributed by atoms with van der Waals surface area (Å²) in [5, 5.41) is 3.05. The Hall–Kier alpha value is -2.20. The molecule has 0 saturated carbocycles. The third-order valence-electron chi connectivity index (χ3n) is 4.90. The van der Waals surface area contributed by atoms with Crippen molar-refractivity contribution in [3.05, 3.63) is 71.5 Å². The Bertz CT molecular complexity index is 664. The van der Waals surface area contributed by atoms with Gasteiger partial charge in [0.05, 0.1) is 0 Å². The fourth-order valence-corrected chi connectivity index (χ4v) is 3.29. The Morgan fingerprint density at radius 1 is 1.00 bits per heavy atom. The number of nitrogens with one attached hydrogen (secondary N) is 1. The van der Waals surface area contributed by atoms with Gasteiger partial charge < -0.3 is 10.2 Å². The zero-order chi connectivity index (χ0) is 17.5. The fraction of sp³-hybridized carbons (Fsp3) is 0.381. The number of amides is 1. The first-order chi connectivity index (χ1) is 12.2. The van der Waals surface area contributed by atoms with Gasteiger partial charge in [-0.15, -0.1) is 0 Å². The highest BCUT2D eigenvalue weighted by molar-refractivity contribution is 5.78. The van der Waals surface area contributed by atoms with E-state index in [-0.39, 0.29) is 17.6 Å². The van der Waals surface area contributed by atoms with E-state index in [4.69, 9.17) is 0 Å². The van der Waals surface area contributed by atoms with E-state index in [0.717, 1.165) is 50.0 Å². The van der Waals surface area contributed by atoms with E-state index in [0.29, 0.717) is 6.54 Å². The van der Waals surface area contributed by atoms with Crippen molar-refractivity contribution in [2.45, 2.75) is 25.8 Å². The quantitative estimate of drug-likeness (QED) is 0.874. The van der Waals surface area contributed by atoms with Crippen LogP contribution >= 0.6 is 0 Å². The van der Waals surface area contributed by atoms with Crippen molar-refractivity contribution in [1.82, 2.24) is 10.2 Å². The van der Waals surface area contributed by atoms with Crippen LogP contribution in [0.1, 0.15) is 24.0 Å². The minimum atomic E-state index is -0.189. The van der Waals surface area contributed by atoms with E-state index in [1.165, 1.54) is 12.1 Å². The molecule has 3 rings (SSSR count). The second kappa shape index (κ2) is 8.77. The van der Waals surface area contributed by atoms with Crippen LogP contribution in [-0.2, 0) is 17.8 Å². The summed E-state index contributed by atoms with van der Waals surface area (Å²) in [5.74, 6) is 0.0962. The van der Waals surface area contributed by atoms with E-state index in [2.05, 4.69) is 10.2 Å². The fourth-order valence-electron chi connectivity index (χ4n) is 3.29. The predicted octanol–water partition coefficient (Wildman–Crippen LogP) is 3.40. The lowest BCUT2D eigenvalue weighted by Gasteiger charge is -2.31. The number of benzene rings is 2. The minimum absolute atomic E-state index is 0.116. The number of hydrogen-bond donors (Lipinski definition) is 1. The van der Waals surface area contributed by atoms with Gasteiger partial charge in [0.2, 0.25) is 5.91 Å². The molecular formula is C21H25FN2O. The maximum Gasteiger partial charge on any atom is 0.223 e. The standard InChI is InChI=1S/C21H25FN2O/c22-20-8-6-17(7-9-20)10-13-24-14-11-19(12-15-24)21(25)23-16-18-4-2-1-3-5-18/h1-9,19H,10-16H2,(H,23,25). The molecule has 0 atom stereocenters. The third kappa shape index (κ3) is 5.40. The molecule has 0 unspecified atom stereocenters. The molecule has 1 aliphatic rings. The Labute approximate surface area is 148 Å². The van der Waals surface area contributed by atoms with E-state index >= 15 is 0 Å². The lowest BCUT2D eigenvalue weighted by molar-refractivity contribution is -0.126. The van der Waals surface area contributed by atoms with E-state index in [1.54, 1.807) is 0 Å². The second-order valence-corrected chi connectivity index (χ2v) is 6.70. The Morgan fingerprint density at radius 3 is 2.36 bits per heavy atom. The predicted molar refractivity (Wildman–Crippen MR) is 97.6 cm³/mol. The summed E-state index contributed by atoms with van der Waals surface area (Å²) in [6.07, 6.45) is 2.74. The summed E-state index contributed by atoms with van der Waals surface area (Å²) < 4.78 is 12.9. The number of carbonyl (C=O) groups excluding carboxylic acids is 1. The molecular weight excluding hydrogens is 315 g/mol. The number of rotatable bonds is 6. The highest BCUT2D eigenvalue weighted by Crippen LogP contribution is 2.18. The van der Waals surface area contributed by atoms with Crippen LogP contribution in [0.25, 0.3) is 0 Å². The van der Waals surface area contributed by atoms with Gasteiger partial charge in [0.1, 0.15) is 5.82 Å². The lowest BCUT2D eigenvalue weighted by atomic mass is 9.95. The van der Waals surface area contributed by atoms with Gasteiger partial charge in [0, 0.05) is 19.0 Å².